The molecule has 2 fully saturated rings. The summed E-state index contributed by atoms with van der Waals surface area (Å²) >= 11 is 0. The van der Waals surface area contributed by atoms with Gasteiger partial charge in [0.15, 0.2) is 0 Å². The minimum Gasteiger partial charge on any atom is -0.314 e. The highest BCUT2D eigenvalue weighted by Gasteiger charge is 2.37. The van der Waals surface area contributed by atoms with Crippen molar-refractivity contribution in [3.8, 4) is 0 Å². The van der Waals surface area contributed by atoms with Gasteiger partial charge in [0.1, 0.15) is 0 Å². The molecule has 2 heteroatoms. The van der Waals surface area contributed by atoms with Gasteiger partial charge >= 0.3 is 0 Å². The molecular weight excluding hydrogens is 208 g/mol. The van der Waals surface area contributed by atoms with Crippen LogP contribution < -0.4 is 5.32 Å². The van der Waals surface area contributed by atoms with E-state index in [1.807, 2.05) is 0 Å². The first-order valence-corrected chi connectivity index (χ1v) is 7.55. The van der Waals surface area contributed by atoms with Crippen LogP contribution in [0.1, 0.15) is 47.0 Å². The van der Waals surface area contributed by atoms with E-state index >= 15 is 0 Å². The summed E-state index contributed by atoms with van der Waals surface area (Å²) in [4.78, 5) is 2.78. The van der Waals surface area contributed by atoms with Gasteiger partial charge in [0.2, 0.25) is 0 Å². The monoisotopic (exact) mass is 238 g/mol. The first-order chi connectivity index (χ1) is 8.08. The molecule has 1 aliphatic heterocycles. The molecule has 2 aliphatic rings. The van der Waals surface area contributed by atoms with Gasteiger partial charge in [-0.05, 0) is 50.1 Å². The van der Waals surface area contributed by atoms with Crippen molar-refractivity contribution in [3.05, 3.63) is 0 Å². The van der Waals surface area contributed by atoms with Gasteiger partial charge in [0.25, 0.3) is 0 Å². The predicted molar refractivity (Wildman–Crippen MR) is 74.2 cm³/mol. The Morgan fingerprint density at radius 2 is 1.88 bits per heavy atom. The largest absolute Gasteiger partial charge is 0.314 e. The van der Waals surface area contributed by atoms with Crippen molar-refractivity contribution >= 4 is 0 Å². The molecule has 100 valence electrons. The molecule has 0 radical (unpaired) electrons. The standard InChI is InChI=1S/C15H30N2/c1-11(2)16-9-14-5-6-15(14)17-8-7-12(3)13(4)10-17/h11-16H,5-10H2,1-4H3. The molecule has 1 saturated carbocycles. The topological polar surface area (TPSA) is 15.3 Å². The lowest BCUT2D eigenvalue weighted by atomic mass is 9.76. The first-order valence-electron chi connectivity index (χ1n) is 7.55. The highest BCUT2D eigenvalue weighted by Crippen LogP contribution is 2.35. The molecule has 0 aromatic rings. The lowest BCUT2D eigenvalue weighted by Crippen LogP contribution is -2.54. The Labute approximate surface area is 107 Å². The predicted octanol–water partition coefficient (Wildman–Crippen LogP) is 2.74. The molecule has 0 aromatic heterocycles. The summed E-state index contributed by atoms with van der Waals surface area (Å²) in [5, 5.41) is 3.61. The fourth-order valence-electron chi connectivity index (χ4n) is 3.25. The van der Waals surface area contributed by atoms with Crippen LogP contribution in [0, 0.1) is 17.8 Å². The van der Waals surface area contributed by atoms with E-state index in [1.54, 1.807) is 0 Å². The Bertz CT molecular complexity index is 239. The third kappa shape index (κ3) is 3.23. The Morgan fingerprint density at radius 1 is 1.12 bits per heavy atom. The van der Waals surface area contributed by atoms with Crippen LogP contribution in [-0.4, -0.2) is 36.6 Å². The molecule has 2 rings (SSSR count). The third-order valence-corrected chi connectivity index (χ3v) is 5.00. The summed E-state index contributed by atoms with van der Waals surface area (Å²) in [6, 6.07) is 1.52. The summed E-state index contributed by atoms with van der Waals surface area (Å²) in [5.41, 5.74) is 0. The van der Waals surface area contributed by atoms with E-state index in [2.05, 4.69) is 37.9 Å². The van der Waals surface area contributed by atoms with Crippen molar-refractivity contribution in [3.63, 3.8) is 0 Å². The second-order valence-electron chi connectivity index (χ2n) is 6.71. The van der Waals surface area contributed by atoms with E-state index in [0.717, 1.165) is 23.8 Å². The van der Waals surface area contributed by atoms with Gasteiger partial charge in [-0.25, -0.2) is 0 Å². The molecule has 0 amide bonds. The maximum atomic E-state index is 3.61. The average molecular weight is 238 g/mol. The third-order valence-electron chi connectivity index (χ3n) is 5.00. The number of rotatable bonds is 4. The lowest BCUT2D eigenvalue weighted by Gasteiger charge is -2.48. The number of hydrogen-bond acceptors (Lipinski definition) is 2. The van der Waals surface area contributed by atoms with Gasteiger partial charge in [0.05, 0.1) is 0 Å². The normalized spacial score (nSPS) is 39.4. The minimum absolute atomic E-state index is 0.636. The molecule has 4 atom stereocenters. The van der Waals surface area contributed by atoms with E-state index in [-0.39, 0.29) is 0 Å². The van der Waals surface area contributed by atoms with Gasteiger partial charge in [-0.3, -0.25) is 4.90 Å². The average Bonchev–Trinajstić information content (AvgIpc) is 2.21. The zero-order chi connectivity index (χ0) is 12.4. The maximum absolute atomic E-state index is 3.61. The van der Waals surface area contributed by atoms with Crippen molar-refractivity contribution in [2.24, 2.45) is 17.8 Å². The quantitative estimate of drug-likeness (QED) is 0.810. The van der Waals surface area contributed by atoms with Crippen LogP contribution in [0.5, 0.6) is 0 Å². The van der Waals surface area contributed by atoms with Gasteiger partial charge < -0.3 is 5.32 Å². The van der Waals surface area contributed by atoms with Crippen LogP contribution in [0.2, 0.25) is 0 Å². The Kier molecular flexibility index (Phi) is 4.48. The summed E-state index contributed by atoms with van der Waals surface area (Å²) in [6.45, 7) is 13.2. The van der Waals surface area contributed by atoms with Crippen molar-refractivity contribution in [2.45, 2.75) is 59.0 Å². The Balaban J connectivity index is 1.78. The van der Waals surface area contributed by atoms with Crippen LogP contribution in [0.15, 0.2) is 0 Å². The van der Waals surface area contributed by atoms with Crippen LogP contribution in [0.3, 0.4) is 0 Å². The number of nitrogens with zero attached hydrogens (tertiary/aromatic N) is 1. The lowest BCUT2D eigenvalue weighted by molar-refractivity contribution is 0.0154. The molecular formula is C15H30N2. The van der Waals surface area contributed by atoms with Crippen molar-refractivity contribution < 1.29 is 0 Å². The smallest absolute Gasteiger partial charge is 0.0136 e. The van der Waals surface area contributed by atoms with Gasteiger partial charge in [-0.2, -0.15) is 0 Å². The minimum atomic E-state index is 0.636. The maximum Gasteiger partial charge on any atom is 0.0136 e. The van der Waals surface area contributed by atoms with E-state index in [0.29, 0.717) is 6.04 Å². The molecule has 1 saturated heterocycles. The van der Waals surface area contributed by atoms with Gasteiger partial charge in [-0.15, -0.1) is 0 Å². The summed E-state index contributed by atoms with van der Waals surface area (Å²) in [7, 11) is 0. The van der Waals surface area contributed by atoms with Crippen molar-refractivity contribution in [2.75, 3.05) is 19.6 Å². The molecule has 1 aliphatic carbocycles. The van der Waals surface area contributed by atoms with Crippen LogP contribution >= 0.6 is 0 Å². The SMILES string of the molecule is CC(C)NCC1CCC1N1CCC(C)C(C)C1. The molecule has 4 unspecified atom stereocenters. The second kappa shape index (κ2) is 5.71. The van der Waals surface area contributed by atoms with Gasteiger partial charge in [-0.1, -0.05) is 27.7 Å². The summed E-state index contributed by atoms with van der Waals surface area (Å²) in [5.74, 6) is 2.74. The van der Waals surface area contributed by atoms with E-state index in [1.165, 1.54) is 38.9 Å². The van der Waals surface area contributed by atoms with Crippen LogP contribution in [-0.2, 0) is 0 Å². The molecule has 1 heterocycles. The van der Waals surface area contributed by atoms with E-state index in [4.69, 9.17) is 0 Å². The van der Waals surface area contributed by atoms with Crippen LogP contribution in [0.4, 0.5) is 0 Å². The van der Waals surface area contributed by atoms with Crippen molar-refractivity contribution in [1.82, 2.24) is 10.2 Å². The summed E-state index contributed by atoms with van der Waals surface area (Å²) < 4.78 is 0. The highest BCUT2D eigenvalue weighted by atomic mass is 15.2. The highest BCUT2D eigenvalue weighted by molar-refractivity contribution is 4.92. The van der Waals surface area contributed by atoms with Gasteiger partial charge in [0, 0.05) is 18.6 Å². The number of likely N-dealkylation sites (tertiary alicyclic amines) is 1. The van der Waals surface area contributed by atoms with E-state index in [9.17, 15) is 0 Å². The van der Waals surface area contributed by atoms with Crippen molar-refractivity contribution in [1.29, 1.82) is 0 Å². The zero-order valence-corrected chi connectivity index (χ0v) is 12.1. The Hall–Kier alpha value is -0.0800. The number of piperidine rings is 1. The first kappa shape index (κ1) is 13.4. The Morgan fingerprint density at radius 3 is 2.41 bits per heavy atom. The molecule has 0 spiro atoms. The summed E-state index contributed by atoms with van der Waals surface area (Å²) in [6.07, 6.45) is 4.28. The fraction of sp³-hybridized carbons (Fsp3) is 1.00. The fourth-order valence-corrected chi connectivity index (χ4v) is 3.25. The molecule has 0 bridgehead atoms. The zero-order valence-electron chi connectivity index (χ0n) is 12.1. The molecule has 2 nitrogen and oxygen atoms in total. The second-order valence-corrected chi connectivity index (χ2v) is 6.71. The molecule has 1 N–H and O–H groups in total. The van der Waals surface area contributed by atoms with E-state index < -0.39 is 0 Å². The number of nitrogens with one attached hydrogen (secondary N) is 1. The molecule has 0 aromatic carbocycles. The number of hydrogen-bond donors (Lipinski definition) is 1. The molecule has 17 heavy (non-hydrogen) atoms. The van der Waals surface area contributed by atoms with Crippen LogP contribution in [0.25, 0.3) is 0 Å².